The van der Waals surface area contributed by atoms with Crippen molar-refractivity contribution in [2.24, 2.45) is 16.7 Å². The summed E-state index contributed by atoms with van der Waals surface area (Å²) in [6.45, 7) is 10.3. The van der Waals surface area contributed by atoms with Crippen LogP contribution in [0.15, 0.2) is 53.6 Å². The molecular formula is C33H45NO9. The SMILES string of the molecule is C=C1[C@@H](OC(=O)CC(c2ccccc2)N(C)C)CC[C@]2(C)[C@@H]1[C@H](O)[C@]1(O)CC(=O)C(C)=C([C@@H](O)[C@@]2(O)CC(=O)O)C1(C)C. The largest absolute Gasteiger partial charge is 0.481 e. The molecular weight excluding hydrogens is 554 g/mol. The Bertz CT molecular complexity index is 1340. The van der Waals surface area contributed by atoms with E-state index in [0.29, 0.717) is 0 Å². The zero-order valence-corrected chi connectivity index (χ0v) is 25.8. The molecule has 3 aliphatic rings. The third kappa shape index (κ3) is 5.07. The Morgan fingerprint density at radius 2 is 1.72 bits per heavy atom. The van der Waals surface area contributed by atoms with Gasteiger partial charge in [-0.3, -0.25) is 14.4 Å². The minimum atomic E-state index is -2.38. The highest BCUT2D eigenvalue weighted by molar-refractivity contribution is 5.98. The maximum Gasteiger partial charge on any atom is 0.308 e. The lowest BCUT2D eigenvalue weighted by molar-refractivity contribution is -0.249. The number of fused-ring (bicyclic) bond motifs is 3. The van der Waals surface area contributed by atoms with Crippen LogP contribution in [0.1, 0.15) is 71.4 Å². The summed E-state index contributed by atoms with van der Waals surface area (Å²) in [5.74, 6) is -3.68. The van der Waals surface area contributed by atoms with Gasteiger partial charge in [-0.2, -0.15) is 0 Å². The van der Waals surface area contributed by atoms with Crippen molar-refractivity contribution in [2.75, 3.05) is 14.1 Å². The summed E-state index contributed by atoms with van der Waals surface area (Å²) in [5, 5.41) is 58.2. The van der Waals surface area contributed by atoms with Crippen molar-refractivity contribution in [1.29, 1.82) is 0 Å². The third-order valence-electron chi connectivity index (χ3n) is 10.8. The molecule has 0 spiro atoms. The second kappa shape index (κ2) is 11.2. The normalized spacial score (nSPS) is 36.4. The van der Waals surface area contributed by atoms with Crippen LogP contribution in [0.25, 0.3) is 0 Å². The molecule has 4 rings (SSSR count). The van der Waals surface area contributed by atoms with Crippen LogP contribution >= 0.6 is 0 Å². The number of rotatable bonds is 7. The van der Waals surface area contributed by atoms with Crippen molar-refractivity contribution < 1.29 is 44.7 Å². The van der Waals surface area contributed by atoms with E-state index in [1.165, 1.54) is 6.92 Å². The van der Waals surface area contributed by atoms with E-state index in [-0.39, 0.29) is 42.0 Å². The number of carbonyl (C=O) groups is 3. The number of carboxylic acids is 1. The van der Waals surface area contributed by atoms with Crippen LogP contribution in [-0.2, 0) is 19.1 Å². The number of ether oxygens (including phenoxy) is 1. The highest BCUT2D eigenvalue weighted by Crippen LogP contribution is 2.63. The van der Waals surface area contributed by atoms with Gasteiger partial charge in [0, 0.05) is 29.2 Å². The molecule has 0 aliphatic heterocycles. The number of carbonyl (C=O) groups excluding carboxylic acids is 2. The van der Waals surface area contributed by atoms with E-state index in [0.717, 1.165) is 5.56 Å². The Kier molecular flexibility index (Phi) is 8.62. The van der Waals surface area contributed by atoms with Crippen LogP contribution in [0, 0.1) is 16.7 Å². The molecule has 2 bridgehead atoms. The standard InChI is InChI=1S/C33H45NO9/c1-18-22(35)16-32(41)29(40)27-19(2)23(43-25(38)15-21(34(6)7)20-11-9-8-10-12-20)13-14-31(27,5)33(42,17-24(36)37)28(39)26(18)30(32,3)4/h8-12,21,23,27-29,39-42H,2,13-17H2,1,3-7H3,(H,36,37)/t21?,23-,27-,28+,29-,31+,32+,33-/m0/s1. The number of allylic oxidation sites excluding steroid dienone is 1. The molecule has 1 aromatic carbocycles. The van der Waals surface area contributed by atoms with Crippen LogP contribution in [0.5, 0.6) is 0 Å². The first-order chi connectivity index (χ1) is 19.8. The molecule has 0 saturated heterocycles. The minimum Gasteiger partial charge on any atom is -0.481 e. The Morgan fingerprint density at radius 1 is 1.12 bits per heavy atom. The molecule has 1 aromatic rings. The van der Waals surface area contributed by atoms with Gasteiger partial charge in [-0.25, -0.2) is 0 Å². The predicted molar refractivity (Wildman–Crippen MR) is 158 cm³/mol. The number of aliphatic carboxylic acids is 1. The number of esters is 1. The Hall–Kier alpha value is -2.89. The zero-order valence-electron chi connectivity index (χ0n) is 25.8. The van der Waals surface area contributed by atoms with Crippen molar-refractivity contribution >= 4 is 17.7 Å². The lowest BCUT2D eigenvalue weighted by atomic mass is 9.44. The van der Waals surface area contributed by atoms with Gasteiger partial charge in [0.2, 0.25) is 0 Å². The van der Waals surface area contributed by atoms with E-state index >= 15 is 0 Å². The predicted octanol–water partition coefficient (Wildman–Crippen LogP) is 2.55. The third-order valence-corrected chi connectivity index (χ3v) is 10.8. The topological polar surface area (TPSA) is 165 Å². The molecule has 236 valence electrons. The molecule has 2 saturated carbocycles. The molecule has 10 nitrogen and oxygen atoms in total. The molecule has 8 atom stereocenters. The second-order valence-corrected chi connectivity index (χ2v) is 13.6. The van der Waals surface area contributed by atoms with Gasteiger partial charge in [-0.05, 0) is 56.1 Å². The van der Waals surface area contributed by atoms with E-state index in [1.54, 1.807) is 20.8 Å². The second-order valence-electron chi connectivity index (χ2n) is 13.6. The number of aliphatic hydroxyl groups is 4. The summed E-state index contributed by atoms with van der Waals surface area (Å²) in [6, 6.07) is 9.21. The van der Waals surface area contributed by atoms with Gasteiger partial charge < -0.3 is 35.2 Å². The van der Waals surface area contributed by atoms with Crippen molar-refractivity contribution in [1.82, 2.24) is 4.90 Å². The lowest BCUT2D eigenvalue weighted by Gasteiger charge is -2.64. The fourth-order valence-electron chi connectivity index (χ4n) is 8.02. The van der Waals surface area contributed by atoms with Crippen molar-refractivity contribution in [3.05, 3.63) is 59.2 Å². The quantitative estimate of drug-likeness (QED) is 0.232. The molecule has 0 amide bonds. The van der Waals surface area contributed by atoms with E-state index in [2.05, 4.69) is 6.58 Å². The van der Waals surface area contributed by atoms with Gasteiger partial charge in [-0.1, -0.05) is 57.7 Å². The summed E-state index contributed by atoms with van der Waals surface area (Å²) < 4.78 is 5.93. The van der Waals surface area contributed by atoms with Gasteiger partial charge in [0.25, 0.3) is 0 Å². The number of ketones is 1. The fraction of sp³-hybridized carbons (Fsp3) is 0.606. The summed E-state index contributed by atoms with van der Waals surface area (Å²) in [5.41, 5.74) is -6.24. The molecule has 1 unspecified atom stereocenters. The molecule has 5 N–H and O–H groups in total. The fourth-order valence-corrected chi connectivity index (χ4v) is 8.02. The van der Waals surface area contributed by atoms with Gasteiger partial charge in [0.1, 0.15) is 23.4 Å². The number of hydrogen-bond donors (Lipinski definition) is 5. The first-order valence-electron chi connectivity index (χ1n) is 14.7. The average molecular weight is 600 g/mol. The van der Waals surface area contributed by atoms with E-state index in [1.807, 2.05) is 49.3 Å². The molecule has 2 fully saturated rings. The molecule has 0 radical (unpaired) electrons. The molecule has 10 heteroatoms. The highest BCUT2D eigenvalue weighted by Gasteiger charge is 2.70. The number of nitrogens with zero attached hydrogens (tertiary/aromatic N) is 1. The highest BCUT2D eigenvalue weighted by atomic mass is 16.5. The summed E-state index contributed by atoms with van der Waals surface area (Å²) in [6.07, 6.45) is -5.67. The number of carboxylic acid groups (broad SMARTS) is 1. The maximum absolute atomic E-state index is 13.3. The summed E-state index contributed by atoms with van der Waals surface area (Å²) in [7, 11) is 3.71. The van der Waals surface area contributed by atoms with Gasteiger partial charge in [0.05, 0.1) is 18.9 Å². The summed E-state index contributed by atoms with van der Waals surface area (Å²) in [4.78, 5) is 40.5. The number of benzene rings is 1. The average Bonchev–Trinajstić information content (AvgIpc) is 2.91. The van der Waals surface area contributed by atoms with E-state index in [4.69, 9.17) is 4.74 Å². The van der Waals surface area contributed by atoms with Gasteiger partial charge in [-0.15, -0.1) is 0 Å². The Labute approximate surface area is 252 Å². The van der Waals surface area contributed by atoms with Gasteiger partial charge >= 0.3 is 11.9 Å². The van der Waals surface area contributed by atoms with Crippen molar-refractivity contribution in [3.63, 3.8) is 0 Å². The van der Waals surface area contributed by atoms with Crippen LogP contribution in [0.3, 0.4) is 0 Å². The minimum absolute atomic E-state index is 0.00327. The molecule has 3 aliphatic carbocycles. The number of Topliss-reactive ketones (excluding diaryl/α,β-unsaturated/α-hetero) is 1. The first-order valence-corrected chi connectivity index (χ1v) is 14.7. The number of aliphatic hydroxyl groups excluding tert-OH is 2. The van der Waals surface area contributed by atoms with Gasteiger partial charge in [0.15, 0.2) is 5.78 Å². The zero-order chi connectivity index (χ0) is 32.3. The Balaban J connectivity index is 1.77. The van der Waals surface area contributed by atoms with E-state index in [9.17, 15) is 39.9 Å². The first kappa shape index (κ1) is 33.0. The monoisotopic (exact) mass is 599 g/mol. The molecule has 0 heterocycles. The van der Waals surface area contributed by atoms with Crippen LogP contribution < -0.4 is 0 Å². The maximum atomic E-state index is 13.3. The summed E-state index contributed by atoms with van der Waals surface area (Å²) >= 11 is 0. The molecule has 0 aromatic heterocycles. The van der Waals surface area contributed by atoms with Crippen LogP contribution in [0.2, 0.25) is 0 Å². The number of hydrogen-bond acceptors (Lipinski definition) is 9. The molecule has 43 heavy (non-hydrogen) atoms. The van der Waals surface area contributed by atoms with Crippen molar-refractivity contribution in [3.8, 4) is 0 Å². The van der Waals surface area contributed by atoms with Crippen LogP contribution in [-0.4, -0.2) is 91.8 Å². The Morgan fingerprint density at radius 3 is 2.28 bits per heavy atom. The van der Waals surface area contributed by atoms with Crippen molar-refractivity contribution in [2.45, 2.75) is 95.4 Å². The smallest absolute Gasteiger partial charge is 0.308 e. The van der Waals surface area contributed by atoms with E-state index < -0.39 is 76.8 Å². The van der Waals surface area contributed by atoms with Crippen LogP contribution in [0.4, 0.5) is 0 Å². The lowest BCUT2D eigenvalue weighted by Crippen LogP contribution is -2.73.